The number of H-pyrrole nitrogens is 1. The molecule has 0 spiro atoms. The largest absolute Gasteiger partial charge is 0.346 e. The van der Waals surface area contributed by atoms with Crippen molar-refractivity contribution in [1.29, 1.82) is 0 Å². The summed E-state index contributed by atoms with van der Waals surface area (Å²) in [5.41, 5.74) is 1.09. The molecule has 1 fully saturated rings. The van der Waals surface area contributed by atoms with Crippen LogP contribution >= 0.6 is 28.1 Å². The maximum atomic E-state index is 5.25. The Bertz CT molecular complexity index is 441. The minimum absolute atomic E-state index is 0.567. The van der Waals surface area contributed by atoms with Gasteiger partial charge in [0.2, 0.25) is 0 Å². The molecule has 1 N–H and O–H groups in total. The average molecular weight is 301 g/mol. The van der Waals surface area contributed by atoms with E-state index in [0.717, 1.165) is 21.9 Å². The fourth-order valence-electron chi connectivity index (χ4n) is 2.47. The van der Waals surface area contributed by atoms with Crippen LogP contribution in [0.4, 0.5) is 0 Å². The highest BCUT2D eigenvalue weighted by molar-refractivity contribution is 9.10. The van der Waals surface area contributed by atoms with E-state index in [1.54, 1.807) is 0 Å². The lowest BCUT2D eigenvalue weighted by Crippen LogP contribution is -2.15. The third-order valence-corrected chi connectivity index (χ3v) is 4.91. The quantitative estimate of drug-likeness (QED) is 0.773. The predicted octanol–water partition coefficient (Wildman–Crippen LogP) is 4.50. The zero-order valence-corrected chi connectivity index (χ0v) is 12.1. The normalized spacial score (nSPS) is 25.7. The van der Waals surface area contributed by atoms with Crippen molar-refractivity contribution in [1.82, 2.24) is 9.97 Å². The van der Waals surface area contributed by atoms with Crippen molar-refractivity contribution in [3.63, 3.8) is 0 Å². The summed E-state index contributed by atoms with van der Waals surface area (Å²) in [5.74, 6) is 2.46. The smallest absolute Gasteiger partial charge is 0.144 e. The Morgan fingerprint density at radius 2 is 2.19 bits per heavy atom. The van der Waals surface area contributed by atoms with Crippen molar-refractivity contribution in [2.45, 2.75) is 45.4 Å². The first-order chi connectivity index (χ1) is 7.58. The Balaban J connectivity index is 2.30. The van der Waals surface area contributed by atoms with E-state index in [0.29, 0.717) is 10.6 Å². The summed E-state index contributed by atoms with van der Waals surface area (Å²) < 4.78 is 1.61. The molecule has 0 bridgehead atoms. The first-order valence-corrected chi connectivity index (χ1v) is 7.04. The summed E-state index contributed by atoms with van der Waals surface area (Å²) in [5, 5.41) is 0. The highest BCUT2D eigenvalue weighted by Crippen LogP contribution is 2.34. The van der Waals surface area contributed by atoms with Gasteiger partial charge in [-0.2, -0.15) is 0 Å². The van der Waals surface area contributed by atoms with Gasteiger partial charge in [-0.3, -0.25) is 0 Å². The minimum atomic E-state index is 0.567. The lowest BCUT2D eigenvalue weighted by Gasteiger charge is -2.26. The number of halogens is 1. The molecule has 1 saturated carbocycles. The van der Waals surface area contributed by atoms with Crippen LogP contribution in [0.2, 0.25) is 0 Å². The molecule has 2 unspecified atom stereocenters. The second kappa shape index (κ2) is 4.96. The van der Waals surface area contributed by atoms with Crippen molar-refractivity contribution in [2.24, 2.45) is 5.92 Å². The molecule has 0 radical (unpaired) electrons. The number of hydrogen-bond acceptors (Lipinski definition) is 2. The van der Waals surface area contributed by atoms with Crippen molar-refractivity contribution < 1.29 is 0 Å². The van der Waals surface area contributed by atoms with Gasteiger partial charge in [0.15, 0.2) is 0 Å². The van der Waals surface area contributed by atoms with Gasteiger partial charge in [-0.25, -0.2) is 4.98 Å². The molecule has 1 aromatic heterocycles. The van der Waals surface area contributed by atoms with Crippen LogP contribution in [0.5, 0.6) is 0 Å². The molecule has 1 heterocycles. The Morgan fingerprint density at radius 1 is 1.44 bits per heavy atom. The van der Waals surface area contributed by atoms with Crippen LogP contribution in [0, 0.1) is 17.5 Å². The molecule has 88 valence electrons. The lowest BCUT2D eigenvalue weighted by atomic mass is 9.82. The molecule has 2 nitrogen and oxygen atoms in total. The number of nitrogens with zero attached hydrogens (tertiary/aromatic N) is 1. The van der Waals surface area contributed by atoms with Gasteiger partial charge >= 0.3 is 0 Å². The van der Waals surface area contributed by atoms with E-state index in [2.05, 4.69) is 32.8 Å². The Labute approximate surface area is 110 Å². The van der Waals surface area contributed by atoms with Gasteiger partial charge in [-0.15, -0.1) is 0 Å². The third kappa shape index (κ3) is 2.54. The first-order valence-electron chi connectivity index (χ1n) is 5.84. The molecule has 16 heavy (non-hydrogen) atoms. The highest BCUT2D eigenvalue weighted by Gasteiger charge is 2.22. The van der Waals surface area contributed by atoms with Crippen LogP contribution in [0.15, 0.2) is 4.47 Å². The monoisotopic (exact) mass is 300 g/mol. The molecule has 4 heteroatoms. The summed E-state index contributed by atoms with van der Waals surface area (Å²) in [6.45, 7) is 4.36. The number of aromatic amines is 1. The molecular formula is C12H17BrN2S. The molecule has 0 aromatic carbocycles. The molecule has 1 aliphatic rings. The van der Waals surface area contributed by atoms with E-state index in [-0.39, 0.29) is 0 Å². The Kier molecular flexibility index (Phi) is 3.80. The fourth-order valence-corrected chi connectivity index (χ4v) is 2.91. The van der Waals surface area contributed by atoms with Gasteiger partial charge in [0.1, 0.15) is 10.5 Å². The van der Waals surface area contributed by atoms with Gasteiger partial charge in [0.05, 0.1) is 4.47 Å². The maximum absolute atomic E-state index is 5.25. The molecule has 2 rings (SSSR count). The summed E-state index contributed by atoms with van der Waals surface area (Å²) in [7, 11) is 0. The minimum Gasteiger partial charge on any atom is -0.346 e. The van der Waals surface area contributed by atoms with Crippen molar-refractivity contribution in [3.8, 4) is 0 Å². The SMILES string of the molecule is Cc1[nH]c(C2CCCC(C)C2)nc(=S)c1Br. The van der Waals surface area contributed by atoms with E-state index in [1.165, 1.54) is 25.7 Å². The Hall–Kier alpha value is -0.220. The van der Waals surface area contributed by atoms with Crippen molar-refractivity contribution >= 4 is 28.1 Å². The van der Waals surface area contributed by atoms with E-state index >= 15 is 0 Å². The van der Waals surface area contributed by atoms with E-state index < -0.39 is 0 Å². The molecule has 1 aliphatic carbocycles. The van der Waals surface area contributed by atoms with Crippen LogP contribution in [0.1, 0.15) is 50.0 Å². The summed E-state index contributed by atoms with van der Waals surface area (Å²) in [6.07, 6.45) is 5.14. The zero-order chi connectivity index (χ0) is 11.7. The standard InChI is InChI=1S/C12H17BrN2S/c1-7-4-3-5-9(6-7)11-14-8(2)10(13)12(16)15-11/h7,9H,3-6H2,1-2H3,(H,14,15,16). The third-order valence-electron chi connectivity index (χ3n) is 3.38. The van der Waals surface area contributed by atoms with Crippen LogP contribution in [0.25, 0.3) is 0 Å². The Morgan fingerprint density at radius 3 is 2.81 bits per heavy atom. The lowest BCUT2D eigenvalue weighted by molar-refractivity contribution is 0.334. The van der Waals surface area contributed by atoms with Gasteiger partial charge < -0.3 is 4.98 Å². The fraction of sp³-hybridized carbons (Fsp3) is 0.667. The van der Waals surface area contributed by atoms with Crippen LogP contribution in [-0.4, -0.2) is 9.97 Å². The summed E-state index contributed by atoms with van der Waals surface area (Å²) >= 11 is 8.70. The topological polar surface area (TPSA) is 28.7 Å². The molecule has 0 saturated heterocycles. The molecule has 0 aliphatic heterocycles. The van der Waals surface area contributed by atoms with Gasteiger partial charge in [0, 0.05) is 11.6 Å². The average Bonchev–Trinajstić information content (AvgIpc) is 2.25. The number of hydrogen-bond donors (Lipinski definition) is 1. The number of rotatable bonds is 1. The number of aromatic nitrogens is 2. The predicted molar refractivity (Wildman–Crippen MR) is 72.2 cm³/mol. The first kappa shape index (κ1) is 12.2. The van der Waals surface area contributed by atoms with Crippen LogP contribution < -0.4 is 0 Å². The van der Waals surface area contributed by atoms with Crippen molar-refractivity contribution in [3.05, 3.63) is 20.6 Å². The maximum Gasteiger partial charge on any atom is 0.144 e. The molecule has 0 amide bonds. The summed E-state index contributed by atoms with van der Waals surface area (Å²) in [4.78, 5) is 7.89. The van der Waals surface area contributed by atoms with Crippen LogP contribution in [-0.2, 0) is 0 Å². The zero-order valence-electron chi connectivity index (χ0n) is 9.72. The van der Waals surface area contributed by atoms with Crippen LogP contribution in [0.3, 0.4) is 0 Å². The number of nitrogens with one attached hydrogen (secondary N) is 1. The van der Waals surface area contributed by atoms with Gasteiger partial charge in [-0.05, 0) is 41.6 Å². The van der Waals surface area contributed by atoms with Gasteiger partial charge in [0.25, 0.3) is 0 Å². The van der Waals surface area contributed by atoms with Crippen molar-refractivity contribution in [2.75, 3.05) is 0 Å². The molecule has 2 atom stereocenters. The molecular weight excluding hydrogens is 284 g/mol. The van der Waals surface area contributed by atoms with Gasteiger partial charge in [-0.1, -0.05) is 32.0 Å². The van der Waals surface area contributed by atoms with E-state index in [4.69, 9.17) is 12.2 Å². The molecule has 1 aromatic rings. The second-order valence-corrected chi connectivity index (χ2v) is 6.01. The van der Waals surface area contributed by atoms with E-state index in [1.807, 2.05) is 6.92 Å². The van der Waals surface area contributed by atoms with E-state index in [9.17, 15) is 0 Å². The summed E-state index contributed by atoms with van der Waals surface area (Å²) in [6, 6.07) is 0. The number of aryl methyl sites for hydroxylation is 1. The highest BCUT2D eigenvalue weighted by atomic mass is 79.9. The second-order valence-electron chi connectivity index (χ2n) is 4.83.